The van der Waals surface area contributed by atoms with E-state index in [4.69, 9.17) is 4.74 Å². The lowest BCUT2D eigenvalue weighted by Crippen LogP contribution is -2.10. The van der Waals surface area contributed by atoms with Crippen molar-refractivity contribution in [3.63, 3.8) is 0 Å². The van der Waals surface area contributed by atoms with Gasteiger partial charge in [0.25, 0.3) is 0 Å². The fraction of sp³-hybridized carbons (Fsp3) is 0.259. The molecule has 0 fully saturated rings. The van der Waals surface area contributed by atoms with Crippen molar-refractivity contribution in [3.8, 4) is 22.8 Å². The lowest BCUT2D eigenvalue weighted by atomic mass is 9.87. The van der Waals surface area contributed by atoms with Gasteiger partial charge in [0.05, 0.1) is 12.7 Å². The second-order valence-electron chi connectivity index (χ2n) is 9.15. The molecule has 0 spiro atoms. The van der Waals surface area contributed by atoms with Gasteiger partial charge in [-0.3, -0.25) is 4.57 Å². The Bertz CT molecular complexity index is 1290. The number of benzene rings is 3. The van der Waals surface area contributed by atoms with E-state index in [2.05, 4.69) is 43.1 Å². The van der Waals surface area contributed by atoms with Gasteiger partial charge in [0.1, 0.15) is 5.75 Å². The molecule has 1 aromatic heterocycles. The van der Waals surface area contributed by atoms with Gasteiger partial charge in [-0.1, -0.05) is 75.0 Å². The van der Waals surface area contributed by atoms with Gasteiger partial charge in [-0.25, -0.2) is 0 Å². The highest BCUT2D eigenvalue weighted by Gasteiger charge is 2.30. The van der Waals surface area contributed by atoms with Crippen molar-refractivity contribution >= 4 is 11.8 Å². The Hall–Kier alpha value is -3.26. The number of halogens is 3. The van der Waals surface area contributed by atoms with Crippen LogP contribution >= 0.6 is 11.8 Å². The number of thioether (sulfide) groups is 1. The number of nitrogens with zero attached hydrogens (tertiary/aromatic N) is 3. The van der Waals surface area contributed by atoms with E-state index in [0.717, 1.165) is 23.1 Å². The summed E-state index contributed by atoms with van der Waals surface area (Å²) < 4.78 is 46.6. The van der Waals surface area contributed by atoms with E-state index in [1.807, 2.05) is 41.0 Å². The van der Waals surface area contributed by atoms with Crippen LogP contribution in [-0.4, -0.2) is 21.9 Å². The van der Waals surface area contributed by atoms with Gasteiger partial charge < -0.3 is 4.74 Å². The van der Waals surface area contributed by atoms with Crippen molar-refractivity contribution in [2.75, 3.05) is 7.11 Å². The van der Waals surface area contributed by atoms with Gasteiger partial charge in [0.15, 0.2) is 11.0 Å². The summed E-state index contributed by atoms with van der Waals surface area (Å²) in [5, 5.41) is 9.42. The van der Waals surface area contributed by atoms with Crippen molar-refractivity contribution < 1.29 is 17.9 Å². The molecule has 0 aliphatic rings. The number of hydrogen-bond acceptors (Lipinski definition) is 4. The third-order valence-corrected chi connectivity index (χ3v) is 6.60. The maximum atomic E-state index is 13.1. The normalized spacial score (nSPS) is 12.1. The topological polar surface area (TPSA) is 39.9 Å². The van der Waals surface area contributed by atoms with E-state index in [1.54, 1.807) is 13.2 Å². The second kappa shape index (κ2) is 9.77. The first kappa shape index (κ1) is 24.9. The average Bonchev–Trinajstić information content (AvgIpc) is 3.26. The minimum atomic E-state index is -4.38. The Morgan fingerprint density at radius 1 is 0.857 bits per heavy atom. The zero-order valence-electron chi connectivity index (χ0n) is 19.9. The standard InChI is InChI=1S/C27H26F3N3OS/c1-26(2,3)20-10-8-19(9-11-20)24-31-32-25(33(24)22-12-14-23(34-4)15-13-22)35-17-18-6-5-7-21(16-18)27(28,29)30/h5-16H,17H2,1-4H3. The Kier molecular flexibility index (Phi) is 6.94. The molecule has 182 valence electrons. The number of aromatic nitrogens is 3. The molecule has 0 N–H and O–H groups in total. The molecule has 0 unspecified atom stereocenters. The van der Waals surface area contributed by atoms with Crippen LogP contribution in [0.4, 0.5) is 13.2 Å². The van der Waals surface area contributed by atoms with Crippen LogP contribution in [0.3, 0.4) is 0 Å². The molecule has 0 amide bonds. The molecule has 3 aromatic carbocycles. The Morgan fingerprint density at radius 2 is 1.54 bits per heavy atom. The van der Waals surface area contributed by atoms with Crippen LogP contribution in [-0.2, 0) is 17.3 Å². The predicted octanol–water partition coefficient (Wildman–Crippen LogP) is 7.55. The van der Waals surface area contributed by atoms with Gasteiger partial charge >= 0.3 is 6.18 Å². The smallest absolute Gasteiger partial charge is 0.416 e. The van der Waals surface area contributed by atoms with Gasteiger partial charge in [-0.2, -0.15) is 13.2 Å². The molecule has 0 aliphatic carbocycles. The van der Waals surface area contributed by atoms with E-state index in [0.29, 0.717) is 22.3 Å². The SMILES string of the molecule is COc1ccc(-n2c(SCc3cccc(C(F)(F)F)c3)nnc2-c2ccc(C(C)(C)C)cc2)cc1. The summed E-state index contributed by atoms with van der Waals surface area (Å²) in [5.74, 6) is 1.69. The summed E-state index contributed by atoms with van der Waals surface area (Å²) in [7, 11) is 1.60. The number of rotatable bonds is 6. The molecule has 0 aliphatic heterocycles. The van der Waals surface area contributed by atoms with Gasteiger partial charge in [-0.05, 0) is 46.9 Å². The molecular weight excluding hydrogens is 471 g/mol. The summed E-state index contributed by atoms with van der Waals surface area (Å²) in [5.41, 5.74) is 2.85. The fourth-order valence-electron chi connectivity index (χ4n) is 3.62. The monoisotopic (exact) mass is 497 g/mol. The molecule has 0 radical (unpaired) electrons. The third-order valence-electron chi connectivity index (χ3n) is 5.60. The lowest BCUT2D eigenvalue weighted by molar-refractivity contribution is -0.137. The maximum absolute atomic E-state index is 13.1. The minimum Gasteiger partial charge on any atom is -0.497 e. The average molecular weight is 498 g/mol. The number of ether oxygens (including phenoxy) is 1. The molecule has 4 rings (SSSR count). The number of hydrogen-bond donors (Lipinski definition) is 0. The summed E-state index contributed by atoms with van der Waals surface area (Å²) in [4.78, 5) is 0. The highest BCUT2D eigenvalue weighted by atomic mass is 32.2. The van der Waals surface area contributed by atoms with E-state index >= 15 is 0 Å². The number of alkyl halides is 3. The van der Waals surface area contributed by atoms with Gasteiger partial charge in [-0.15, -0.1) is 10.2 Å². The molecule has 1 heterocycles. The van der Waals surface area contributed by atoms with E-state index in [9.17, 15) is 13.2 Å². The largest absolute Gasteiger partial charge is 0.497 e. The first-order valence-electron chi connectivity index (χ1n) is 11.1. The summed E-state index contributed by atoms with van der Waals surface area (Å²) in [6.45, 7) is 6.47. The predicted molar refractivity (Wildman–Crippen MR) is 133 cm³/mol. The van der Waals surface area contributed by atoms with E-state index < -0.39 is 11.7 Å². The molecule has 4 aromatic rings. The van der Waals surface area contributed by atoms with Crippen molar-refractivity contribution in [3.05, 3.63) is 89.5 Å². The first-order chi connectivity index (χ1) is 16.6. The summed E-state index contributed by atoms with van der Waals surface area (Å²) >= 11 is 1.34. The Labute approximate surface area is 207 Å². The number of methoxy groups -OCH3 is 1. The molecule has 0 saturated carbocycles. The van der Waals surface area contributed by atoms with Crippen molar-refractivity contribution in [2.45, 2.75) is 43.3 Å². The third kappa shape index (κ3) is 5.70. The Balaban J connectivity index is 1.70. The van der Waals surface area contributed by atoms with Crippen molar-refractivity contribution in [1.29, 1.82) is 0 Å². The van der Waals surface area contributed by atoms with Gasteiger partial charge in [0.2, 0.25) is 0 Å². The van der Waals surface area contributed by atoms with Crippen LogP contribution in [0.15, 0.2) is 78.0 Å². The minimum absolute atomic E-state index is 0.0220. The van der Waals surface area contributed by atoms with Crippen LogP contribution in [0.2, 0.25) is 0 Å². The highest BCUT2D eigenvalue weighted by molar-refractivity contribution is 7.98. The summed E-state index contributed by atoms with van der Waals surface area (Å²) in [6.07, 6.45) is -4.38. The zero-order chi connectivity index (χ0) is 25.2. The zero-order valence-corrected chi connectivity index (χ0v) is 20.7. The van der Waals surface area contributed by atoms with Crippen LogP contribution in [0.5, 0.6) is 5.75 Å². The fourth-order valence-corrected chi connectivity index (χ4v) is 4.51. The molecule has 4 nitrogen and oxygen atoms in total. The van der Waals surface area contributed by atoms with Crippen molar-refractivity contribution in [1.82, 2.24) is 14.8 Å². The van der Waals surface area contributed by atoms with E-state index in [1.165, 1.54) is 29.5 Å². The molecule has 0 atom stereocenters. The maximum Gasteiger partial charge on any atom is 0.416 e. The van der Waals surface area contributed by atoms with Crippen LogP contribution in [0.25, 0.3) is 17.1 Å². The Morgan fingerprint density at radius 3 is 2.14 bits per heavy atom. The lowest BCUT2D eigenvalue weighted by Gasteiger charge is -2.19. The molecular formula is C27H26F3N3OS. The second-order valence-corrected chi connectivity index (χ2v) is 10.1. The molecule has 0 saturated heterocycles. The molecule has 35 heavy (non-hydrogen) atoms. The quantitative estimate of drug-likeness (QED) is 0.258. The molecule has 8 heteroatoms. The van der Waals surface area contributed by atoms with Crippen LogP contribution in [0.1, 0.15) is 37.5 Å². The van der Waals surface area contributed by atoms with Gasteiger partial charge in [0, 0.05) is 17.0 Å². The van der Waals surface area contributed by atoms with Crippen LogP contribution < -0.4 is 4.74 Å². The highest BCUT2D eigenvalue weighted by Crippen LogP contribution is 2.34. The van der Waals surface area contributed by atoms with Crippen LogP contribution in [0, 0.1) is 0 Å². The van der Waals surface area contributed by atoms with E-state index in [-0.39, 0.29) is 5.41 Å². The molecule has 0 bridgehead atoms. The van der Waals surface area contributed by atoms with Crippen molar-refractivity contribution in [2.24, 2.45) is 0 Å². The summed E-state index contributed by atoms with van der Waals surface area (Å²) in [6, 6.07) is 21.1. The first-order valence-corrected chi connectivity index (χ1v) is 12.0.